The van der Waals surface area contributed by atoms with Gasteiger partial charge in [-0.2, -0.15) is 5.26 Å². The summed E-state index contributed by atoms with van der Waals surface area (Å²) in [5, 5.41) is 13.1. The van der Waals surface area contributed by atoms with Crippen LogP contribution in [0.3, 0.4) is 0 Å². The zero-order valence-electron chi connectivity index (χ0n) is 12.7. The molecule has 2 rings (SSSR count). The summed E-state index contributed by atoms with van der Waals surface area (Å²) >= 11 is 1.19. The smallest absolute Gasteiger partial charge is 0.292 e. The van der Waals surface area contributed by atoms with Crippen LogP contribution in [0, 0.1) is 11.3 Å². The predicted molar refractivity (Wildman–Crippen MR) is 85.8 cm³/mol. The van der Waals surface area contributed by atoms with Gasteiger partial charge in [-0.1, -0.05) is 0 Å². The van der Waals surface area contributed by atoms with E-state index >= 15 is 0 Å². The van der Waals surface area contributed by atoms with Crippen LogP contribution >= 0.6 is 11.3 Å². The minimum atomic E-state index is -3.85. The van der Waals surface area contributed by atoms with Crippen LogP contribution in [0.25, 0.3) is 0 Å². The van der Waals surface area contributed by atoms with E-state index in [1.54, 1.807) is 32.2 Å². The Morgan fingerprint density at radius 1 is 1.30 bits per heavy atom. The Morgan fingerprint density at radius 3 is 2.61 bits per heavy atom. The van der Waals surface area contributed by atoms with Crippen LogP contribution in [-0.2, 0) is 10.0 Å². The fourth-order valence-electron chi connectivity index (χ4n) is 1.70. The van der Waals surface area contributed by atoms with Crippen LogP contribution in [0.4, 0.5) is 5.00 Å². The molecule has 0 aliphatic rings. The highest BCUT2D eigenvalue weighted by Crippen LogP contribution is 2.24. The highest BCUT2D eigenvalue weighted by molar-refractivity contribution is 7.89. The largest absolute Gasteiger partial charge is 0.438 e. The molecule has 0 saturated heterocycles. The molecule has 0 aliphatic heterocycles. The lowest BCUT2D eigenvalue weighted by molar-refractivity contribution is 0.0992. The number of anilines is 1. The number of nitrogens with one attached hydrogen (secondary N) is 2. The molecule has 2 heterocycles. The third kappa shape index (κ3) is 4.19. The van der Waals surface area contributed by atoms with Crippen LogP contribution in [0.15, 0.2) is 33.1 Å². The number of carbonyl (C=O) groups is 1. The van der Waals surface area contributed by atoms with Crippen molar-refractivity contribution in [3.63, 3.8) is 0 Å². The van der Waals surface area contributed by atoms with Crippen molar-refractivity contribution in [2.24, 2.45) is 0 Å². The third-order valence-corrected chi connectivity index (χ3v) is 4.98. The highest BCUT2D eigenvalue weighted by Gasteiger charge is 2.26. The molecule has 7 nitrogen and oxygen atoms in total. The van der Waals surface area contributed by atoms with E-state index in [4.69, 9.17) is 9.68 Å². The Bertz CT molecular complexity index is 866. The molecule has 0 aromatic carbocycles. The number of furan rings is 1. The second-order valence-electron chi connectivity index (χ2n) is 5.70. The minimum absolute atomic E-state index is 0.156. The predicted octanol–water partition coefficient (Wildman–Crippen LogP) is 2.54. The van der Waals surface area contributed by atoms with E-state index in [0.29, 0.717) is 10.6 Å². The number of nitriles is 1. The third-order valence-electron chi connectivity index (χ3n) is 2.52. The molecule has 0 bridgehead atoms. The number of carbonyl (C=O) groups excluding carboxylic acids is 1. The van der Waals surface area contributed by atoms with Crippen molar-refractivity contribution in [3.8, 4) is 6.07 Å². The molecule has 122 valence electrons. The molecule has 0 fully saturated rings. The summed E-state index contributed by atoms with van der Waals surface area (Å²) in [6.45, 7) is 5.09. The van der Waals surface area contributed by atoms with E-state index in [2.05, 4.69) is 10.0 Å². The summed E-state index contributed by atoms with van der Waals surface area (Å²) in [6, 6.07) is 6.00. The van der Waals surface area contributed by atoms with Crippen molar-refractivity contribution in [3.05, 3.63) is 34.9 Å². The molecule has 2 aromatic rings. The van der Waals surface area contributed by atoms with E-state index in [1.165, 1.54) is 23.5 Å². The van der Waals surface area contributed by atoms with E-state index < -0.39 is 21.5 Å². The quantitative estimate of drug-likeness (QED) is 0.877. The number of rotatable bonds is 4. The fourth-order valence-corrected chi connectivity index (χ4v) is 3.78. The molecule has 0 spiro atoms. The SMILES string of the molecule is CC(C)(C)NS(=O)(=O)c1ccc(C(=O)Nc2sccc2C#N)o1. The number of thiophene rings is 1. The zero-order valence-corrected chi connectivity index (χ0v) is 14.3. The van der Waals surface area contributed by atoms with Crippen LogP contribution in [-0.4, -0.2) is 19.9 Å². The van der Waals surface area contributed by atoms with Gasteiger partial charge in [0.2, 0.25) is 5.09 Å². The minimum Gasteiger partial charge on any atom is -0.438 e. The van der Waals surface area contributed by atoms with E-state index in [-0.39, 0.29) is 10.9 Å². The average molecular weight is 353 g/mol. The summed E-state index contributed by atoms with van der Waals surface area (Å²) in [7, 11) is -3.85. The second-order valence-corrected chi connectivity index (χ2v) is 8.23. The Balaban J connectivity index is 2.19. The molecule has 0 unspecified atom stereocenters. The van der Waals surface area contributed by atoms with Crippen molar-refractivity contribution >= 4 is 32.3 Å². The summed E-state index contributed by atoms with van der Waals surface area (Å²) in [5.74, 6) is -0.780. The van der Waals surface area contributed by atoms with Crippen molar-refractivity contribution in [1.82, 2.24) is 4.72 Å². The summed E-state index contributed by atoms with van der Waals surface area (Å²) in [4.78, 5) is 12.1. The van der Waals surface area contributed by atoms with E-state index in [1.807, 2.05) is 6.07 Å². The molecule has 2 aromatic heterocycles. The van der Waals surface area contributed by atoms with Crippen LogP contribution in [0.2, 0.25) is 0 Å². The first kappa shape index (κ1) is 17.2. The lowest BCUT2D eigenvalue weighted by Crippen LogP contribution is -2.40. The van der Waals surface area contributed by atoms with Gasteiger partial charge in [-0.15, -0.1) is 11.3 Å². The maximum Gasteiger partial charge on any atom is 0.292 e. The molecule has 0 saturated carbocycles. The Morgan fingerprint density at radius 2 is 2.00 bits per heavy atom. The zero-order chi connectivity index (χ0) is 17.3. The van der Waals surface area contributed by atoms with Crippen molar-refractivity contribution < 1.29 is 17.6 Å². The maximum atomic E-state index is 12.1. The first-order valence-electron chi connectivity index (χ1n) is 6.55. The van der Waals surface area contributed by atoms with Gasteiger partial charge in [0, 0.05) is 5.54 Å². The van der Waals surface area contributed by atoms with Gasteiger partial charge in [0.25, 0.3) is 15.9 Å². The summed E-state index contributed by atoms with van der Waals surface area (Å²) < 4.78 is 31.8. The number of hydrogen-bond donors (Lipinski definition) is 2. The van der Waals surface area contributed by atoms with Crippen molar-refractivity contribution in [2.45, 2.75) is 31.4 Å². The maximum absolute atomic E-state index is 12.1. The lowest BCUT2D eigenvalue weighted by atomic mass is 10.1. The van der Waals surface area contributed by atoms with Gasteiger partial charge >= 0.3 is 0 Å². The number of amides is 1. The van der Waals surface area contributed by atoms with Gasteiger partial charge in [0.05, 0.1) is 5.56 Å². The fraction of sp³-hybridized carbons (Fsp3) is 0.286. The molecule has 1 amide bonds. The first-order valence-corrected chi connectivity index (χ1v) is 8.91. The number of nitrogens with zero attached hydrogens (tertiary/aromatic N) is 1. The van der Waals surface area contributed by atoms with Crippen LogP contribution in [0.1, 0.15) is 36.9 Å². The normalized spacial score (nSPS) is 11.9. The highest BCUT2D eigenvalue weighted by atomic mass is 32.2. The summed E-state index contributed by atoms with van der Waals surface area (Å²) in [5.41, 5.74) is -0.343. The molecule has 2 N–H and O–H groups in total. The Hall–Kier alpha value is -2.15. The Kier molecular flexibility index (Phi) is 4.61. The van der Waals surface area contributed by atoms with Gasteiger partial charge in [0.15, 0.2) is 5.76 Å². The molecule has 0 atom stereocenters. The molecule has 23 heavy (non-hydrogen) atoms. The average Bonchev–Trinajstić information content (AvgIpc) is 3.04. The topological polar surface area (TPSA) is 112 Å². The molecule has 0 aliphatic carbocycles. The van der Waals surface area contributed by atoms with Gasteiger partial charge in [-0.3, -0.25) is 4.79 Å². The van der Waals surface area contributed by atoms with Gasteiger partial charge in [-0.25, -0.2) is 13.1 Å². The number of hydrogen-bond acceptors (Lipinski definition) is 6. The lowest BCUT2D eigenvalue weighted by Gasteiger charge is -2.18. The van der Waals surface area contributed by atoms with Crippen molar-refractivity contribution in [2.75, 3.05) is 5.32 Å². The molecular weight excluding hydrogens is 338 g/mol. The van der Waals surface area contributed by atoms with Gasteiger partial charge < -0.3 is 9.73 Å². The standard InChI is InChI=1S/C14H15N3O4S2/c1-14(2,3)17-23(19,20)11-5-4-10(21-11)12(18)16-13-9(8-15)6-7-22-13/h4-7,17H,1-3H3,(H,16,18). The Labute approximate surface area is 138 Å². The summed E-state index contributed by atoms with van der Waals surface area (Å²) in [6.07, 6.45) is 0. The van der Waals surface area contributed by atoms with Gasteiger partial charge in [-0.05, 0) is 44.4 Å². The first-order chi connectivity index (χ1) is 10.6. The number of sulfonamides is 1. The molecule has 9 heteroatoms. The van der Waals surface area contributed by atoms with Crippen LogP contribution in [0.5, 0.6) is 0 Å². The molecular formula is C14H15N3O4S2. The molecule has 0 radical (unpaired) electrons. The monoisotopic (exact) mass is 353 g/mol. The van der Waals surface area contributed by atoms with Crippen LogP contribution < -0.4 is 10.0 Å². The van der Waals surface area contributed by atoms with Crippen molar-refractivity contribution in [1.29, 1.82) is 5.26 Å². The second kappa shape index (κ2) is 6.16. The van der Waals surface area contributed by atoms with E-state index in [9.17, 15) is 13.2 Å². The van der Waals surface area contributed by atoms with E-state index in [0.717, 1.165) is 0 Å². The van der Waals surface area contributed by atoms with Gasteiger partial charge in [0.1, 0.15) is 11.1 Å².